The van der Waals surface area contributed by atoms with E-state index in [4.69, 9.17) is 0 Å². The molecule has 0 aliphatic heterocycles. The molecule has 0 heterocycles. The van der Waals surface area contributed by atoms with Crippen molar-refractivity contribution >= 4 is 6.21 Å². The van der Waals surface area contributed by atoms with Gasteiger partial charge in [-0.25, -0.2) is 4.58 Å². The van der Waals surface area contributed by atoms with Crippen LogP contribution in [0, 0.1) is 5.92 Å². The highest BCUT2D eigenvalue weighted by molar-refractivity contribution is 5.65. The zero-order valence-corrected chi connectivity index (χ0v) is 10.00. The molecule has 1 nitrogen and oxygen atoms in total. The molecule has 0 N–H and O–H groups in total. The number of hydrogen-bond acceptors (Lipinski definition) is 0. The molecule has 1 aliphatic carbocycles. The van der Waals surface area contributed by atoms with E-state index < -0.39 is 0 Å². The summed E-state index contributed by atoms with van der Waals surface area (Å²) in [5.41, 5.74) is 2.85. The first kappa shape index (κ1) is 12.0. The van der Waals surface area contributed by atoms with E-state index in [9.17, 15) is 0 Å². The summed E-state index contributed by atoms with van der Waals surface area (Å²) in [6.45, 7) is 13.2. The molecule has 0 aromatic carbocycles. The van der Waals surface area contributed by atoms with Crippen LogP contribution in [0.25, 0.3) is 0 Å². The minimum Gasteiger partial charge on any atom is -0.202 e. The zero-order chi connectivity index (χ0) is 11.3. The maximum Gasteiger partial charge on any atom is 0.184 e. The van der Waals surface area contributed by atoms with E-state index in [1.54, 1.807) is 0 Å². The number of hydrogen-bond donors (Lipinski definition) is 0. The Bertz CT molecular complexity index is 305. The molecule has 0 bridgehead atoms. The summed E-state index contributed by atoms with van der Waals surface area (Å²) in [5.74, 6) is 0.667. The molecule has 1 rings (SSSR count). The van der Waals surface area contributed by atoms with E-state index in [1.807, 2.05) is 12.2 Å². The van der Waals surface area contributed by atoms with Crippen molar-refractivity contribution in [3.05, 3.63) is 36.6 Å². The van der Waals surface area contributed by atoms with Gasteiger partial charge in [0.15, 0.2) is 18.5 Å². The fourth-order valence-corrected chi connectivity index (χ4v) is 2.08. The van der Waals surface area contributed by atoms with Gasteiger partial charge in [0.1, 0.15) is 0 Å². The van der Waals surface area contributed by atoms with Crippen LogP contribution in [0.2, 0.25) is 0 Å². The summed E-state index contributed by atoms with van der Waals surface area (Å²) in [4.78, 5) is 0. The summed E-state index contributed by atoms with van der Waals surface area (Å²) in [7, 11) is 0. The lowest BCUT2D eigenvalue weighted by atomic mass is 10.2. The second kappa shape index (κ2) is 5.69. The van der Waals surface area contributed by atoms with Crippen LogP contribution in [0.15, 0.2) is 36.6 Å². The third-order valence-electron chi connectivity index (χ3n) is 2.67. The van der Waals surface area contributed by atoms with Crippen molar-refractivity contribution in [1.29, 1.82) is 0 Å². The van der Waals surface area contributed by atoms with Crippen molar-refractivity contribution in [1.82, 2.24) is 0 Å². The minimum absolute atomic E-state index is 0.667. The Hall–Kier alpha value is -1.11. The van der Waals surface area contributed by atoms with Gasteiger partial charge in [0.05, 0.1) is 0 Å². The molecule has 1 heteroatoms. The van der Waals surface area contributed by atoms with Crippen LogP contribution in [0.5, 0.6) is 0 Å². The maximum atomic E-state index is 3.89. The van der Waals surface area contributed by atoms with Crippen LogP contribution in [-0.4, -0.2) is 17.3 Å². The Labute approximate surface area is 93.5 Å². The third-order valence-corrected chi connectivity index (χ3v) is 2.67. The van der Waals surface area contributed by atoms with Gasteiger partial charge in [-0.05, 0) is 18.9 Å². The molecule has 0 atom stereocenters. The molecule has 0 unspecified atom stereocenters. The Morgan fingerprint density at radius 3 is 2.60 bits per heavy atom. The lowest BCUT2D eigenvalue weighted by molar-refractivity contribution is -0.481. The van der Waals surface area contributed by atoms with Gasteiger partial charge in [0.25, 0.3) is 0 Å². The molecule has 0 saturated heterocycles. The van der Waals surface area contributed by atoms with Gasteiger partial charge in [-0.3, -0.25) is 0 Å². The smallest absolute Gasteiger partial charge is 0.184 e. The second-order valence-electron chi connectivity index (χ2n) is 4.46. The molecule has 0 saturated carbocycles. The molecule has 0 fully saturated rings. The molecular weight excluding hydrogens is 182 g/mol. The predicted molar refractivity (Wildman–Crippen MR) is 67.3 cm³/mol. The lowest BCUT2D eigenvalue weighted by Crippen LogP contribution is -2.17. The Morgan fingerprint density at radius 2 is 2.07 bits per heavy atom. The van der Waals surface area contributed by atoms with Gasteiger partial charge < -0.3 is 0 Å². The molecule has 15 heavy (non-hydrogen) atoms. The quantitative estimate of drug-likeness (QED) is 0.476. The first-order valence-corrected chi connectivity index (χ1v) is 5.76. The molecule has 1 aliphatic rings. The Morgan fingerprint density at radius 1 is 1.33 bits per heavy atom. The summed E-state index contributed by atoms with van der Waals surface area (Å²) in [6.07, 6.45) is 9.58. The van der Waals surface area contributed by atoms with Crippen LogP contribution in [-0.2, 0) is 0 Å². The average molecular weight is 204 g/mol. The van der Waals surface area contributed by atoms with Crippen molar-refractivity contribution < 1.29 is 4.58 Å². The first-order chi connectivity index (χ1) is 7.19. The molecule has 0 aromatic rings. The van der Waals surface area contributed by atoms with E-state index in [2.05, 4.69) is 37.8 Å². The fourth-order valence-electron chi connectivity index (χ4n) is 2.08. The average Bonchev–Trinajstić information content (AvgIpc) is 2.64. The second-order valence-corrected chi connectivity index (χ2v) is 4.46. The molecular formula is C14H22N+. The monoisotopic (exact) mass is 204 g/mol. The molecule has 82 valence electrons. The van der Waals surface area contributed by atoms with Crippen molar-refractivity contribution in [3.63, 3.8) is 0 Å². The van der Waals surface area contributed by atoms with E-state index in [-0.39, 0.29) is 0 Å². The van der Waals surface area contributed by atoms with E-state index in [0.29, 0.717) is 5.92 Å². The highest BCUT2D eigenvalue weighted by atomic mass is 15.0. The number of rotatable bonds is 5. The van der Waals surface area contributed by atoms with Gasteiger partial charge in [-0.1, -0.05) is 33.1 Å². The summed E-state index contributed by atoms with van der Waals surface area (Å²) in [5, 5.41) is 0. The van der Waals surface area contributed by atoms with E-state index in [0.717, 1.165) is 6.54 Å². The van der Waals surface area contributed by atoms with Gasteiger partial charge in [0, 0.05) is 17.9 Å². The van der Waals surface area contributed by atoms with E-state index in [1.165, 1.54) is 30.5 Å². The van der Waals surface area contributed by atoms with Crippen molar-refractivity contribution in [3.8, 4) is 0 Å². The van der Waals surface area contributed by atoms with Crippen LogP contribution >= 0.6 is 0 Å². The zero-order valence-electron chi connectivity index (χ0n) is 10.00. The first-order valence-electron chi connectivity index (χ1n) is 5.76. The van der Waals surface area contributed by atoms with Crippen molar-refractivity contribution in [2.45, 2.75) is 33.1 Å². The van der Waals surface area contributed by atoms with Crippen LogP contribution in [0.4, 0.5) is 0 Å². The highest BCUT2D eigenvalue weighted by Crippen LogP contribution is 2.27. The van der Waals surface area contributed by atoms with E-state index >= 15 is 0 Å². The third kappa shape index (κ3) is 3.19. The lowest BCUT2D eigenvalue weighted by Gasteiger charge is -2.06. The predicted octanol–water partition coefficient (Wildman–Crippen LogP) is 3.54. The normalized spacial score (nSPS) is 17.4. The topological polar surface area (TPSA) is 3.01 Å². The van der Waals surface area contributed by atoms with Crippen LogP contribution in [0.3, 0.4) is 0 Å². The molecule has 0 radical (unpaired) electrons. The van der Waals surface area contributed by atoms with Crippen molar-refractivity contribution in [2.24, 2.45) is 5.92 Å². The Kier molecular flexibility index (Phi) is 4.54. The highest BCUT2D eigenvalue weighted by Gasteiger charge is 2.22. The van der Waals surface area contributed by atoms with Crippen LogP contribution in [0.1, 0.15) is 33.1 Å². The summed E-state index contributed by atoms with van der Waals surface area (Å²) < 4.78 is 2.34. The Balaban J connectivity index is 2.93. The van der Waals surface area contributed by atoms with Gasteiger partial charge >= 0.3 is 0 Å². The molecule has 0 aromatic heterocycles. The summed E-state index contributed by atoms with van der Waals surface area (Å²) >= 11 is 0. The van der Waals surface area contributed by atoms with Gasteiger partial charge in [-0.15, -0.1) is 0 Å². The number of allylic oxidation sites excluding steroid dienone is 4. The maximum absolute atomic E-state index is 3.89. The largest absolute Gasteiger partial charge is 0.202 e. The standard InChI is InChI=1S/C14H22N/c1-5-10-15(11-12(3)4)14-9-7-8-13(14)6-2/h5-6,10,12H,1-2,7-9,11H2,3-4H3/q+1. The van der Waals surface area contributed by atoms with Crippen molar-refractivity contribution in [2.75, 3.05) is 6.54 Å². The molecule has 0 spiro atoms. The molecule has 0 amide bonds. The number of nitrogens with zero attached hydrogens (tertiary/aromatic N) is 1. The van der Waals surface area contributed by atoms with Crippen LogP contribution < -0.4 is 0 Å². The fraction of sp³-hybridized carbons (Fsp3) is 0.500. The minimum atomic E-state index is 0.667. The van der Waals surface area contributed by atoms with Gasteiger partial charge in [0.2, 0.25) is 0 Å². The SMILES string of the molecule is C=CC=[N+](CC(C)C)C1=C(C=C)CCC1. The summed E-state index contributed by atoms with van der Waals surface area (Å²) in [6, 6.07) is 0. The van der Waals surface area contributed by atoms with Gasteiger partial charge in [-0.2, -0.15) is 0 Å².